The molecule has 3 heteroatoms. The SMILES string of the molecule is CC(C)C(C(=O)O)C(N)C1CCCC1. The minimum Gasteiger partial charge on any atom is -0.481 e. The fraction of sp³-hybridized carbons (Fsp3) is 0.909. The maximum atomic E-state index is 11.1. The molecule has 0 radical (unpaired) electrons. The zero-order chi connectivity index (χ0) is 10.7. The van der Waals surface area contributed by atoms with Crippen LogP contribution in [-0.2, 0) is 4.79 Å². The highest BCUT2D eigenvalue weighted by atomic mass is 16.4. The Balaban J connectivity index is 2.62. The predicted octanol–water partition coefficient (Wildman–Crippen LogP) is 1.86. The van der Waals surface area contributed by atoms with E-state index in [0.717, 1.165) is 12.8 Å². The van der Waals surface area contributed by atoms with Gasteiger partial charge in [0.1, 0.15) is 0 Å². The fourth-order valence-electron chi connectivity index (χ4n) is 2.53. The van der Waals surface area contributed by atoms with Crippen LogP contribution in [0.25, 0.3) is 0 Å². The van der Waals surface area contributed by atoms with Crippen molar-refractivity contribution in [1.29, 1.82) is 0 Å². The average molecular weight is 199 g/mol. The molecule has 1 saturated carbocycles. The van der Waals surface area contributed by atoms with E-state index >= 15 is 0 Å². The van der Waals surface area contributed by atoms with Crippen molar-refractivity contribution in [2.75, 3.05) is 0 Å². The average Bonchev–Trinajstić information content (AvgIpc) is 2.53. The Bertz CT molecular complexity index is 197. The number of carboxylic acid groups (broad SMARTS) is 1. The summed E-state index contributed by atoms with van der Waals surface area (Å²) in [6, 6.07) is -0.157. The van der Waals surface area contributed by atoms with Crippen LogP contribution in [0.2, 0.25) is 0 Å². The first-order valence-electron chi connectivity index (χ1n) is 5.52. The molecule has 0 aromatic carbocycles. The van der Waals surface area contributed by atoms with E-state index in [0.29, 0.717) is 5.92 Å². The van der Waals surface area contributed by atoms with Gasteiger partial charge in [-0.25, -0.2) is 0 Å². The molecule has 0 aliphatic heterocycles. The largest absolute Gasteiger partial charge is 0.481 e. The van der Waals surface area contributed by atoms with Crippen LogP contribution in [-0.4, -0.2) is 17.1 Å². The van der Waals surface area contributed by atoms with Crippen LogP contribution in [0.1, 0.15) is 39.5 Å². The normalized spacial score (nSPS) is 22.6. The summed E-state index contributed by atoms with van der Waals surface area (Å²) in [5.74, 6) is -0.556. The molecule has 3 nitrogen and oxygen atoms in total. The zero-order valence-corrected chi connectivity index (χ0v) is 9.07. The zero-order valence-electron chi connectivity index (χ0n) is 9.07. The highest BCUT2D eigenvalue weighted by molar-refractivity contribution is 5.71. The molecule has 0 saturated heterocycles. The molecule has 1 fully saturated rings. The van der Waals surface area contributed by atoms with Crippen molar-refractivity contribution in [3.8, 4) is 0 Å². The van der Waals surface area contributed by atoms with Crippen molar-refractivity contribution >= 4 is 5.97 Å². The number of rotatable bonds is 4. The Hall–Kier alpha value is -0.570. The van der Waals surface area contributed by atoms with Gasteiger partial charge >= 0.3 is 5.97 Å². The molecule has 0 aromatic heterocycles. The molecule has 0 heterocycles. The minimum absolute atomic E-state index is 0.128. The van der Waals surface area contributed by atoms with Crippen molar-refractivity contribution < 1.29 is 9.90 Å². The van der Waals surface area contributed by atoms with Crippen LogP contribution >= 0.6 is 0 Å². The minimum atomic E-state index is -0.737. The van der Waals surface area contributed by atoms with Crippen molar-refractivity contribution in [3.63, 3.8) is 0 Å². The van der Waals surface area contributed by atoms with Crippen LogP contribution in [0.5, 0.6) is 0 Å². The van der Waals surface area contributed by atoms with E-state index in [1.165, 1.54) is 12.8 Å². The number of nitrogens with two attached hydrogens (primary N) is 1. The second-order valence-corrected chi connectivity index (χ2v) is 4.73. The first-order chi connectivity index (χ1) is 6.54. The molecule has 1 aliphatic rings. The van der Waals surface area contributed by atoms with Crippen molar-refractivity contribution in [1.82, 2.24) is 0 Å². The fourth-order valence-corrected chi connectivity index (χ4v) is 2.53. The van der Waals surface area contributed by atoms with Gasteiger partial charge in [0.05, 0.1) is 5.92 Å². The van der Waals surface area contributed by atoms with E-state index in [-0.39, 0.29) is 17.9 Å². The third kappa shape index (κ3) is 2.47. The van der Waals surface area contributed by atoms with Gasteiger partial charge in [-0.15, -0.1) is 0 Å². The summed E-state index contributed by atoms with van der Waals surface area (Å²) < 4.78 is 0. The van der Waals surface area contributed by atoms with E-state index < -0.39 is 5.97 Å². The van der Waals surface area contributed by atoms with Crippen LogP contribution in [0.15, 0.2) is 0 Å². The number of carboxylic acids is 1. The topological polar surface area (TPSA) is 63.3 Å². The summed E-state index contributed by atoms with van der Waals surface area (Å²) in [7, 11) is 0. The Kier molecular flexibility index (Phi) is 3.93. The monoisotopic (exact) mass is 199 g/mol. The second-order valence-electron chi connectivity index (χ2n) is 4.73. The molecule has 0 amide bonds. The Morgan fingerprint density at radius 2 is 1.86 bits per heavy atom. The summed E-state index contributed by atoms with van der Waals surface area (Å²) in [5, 5.41) is 9.09. The summed E-state index contributed by atoms with van der Waals surface area (Å²) in [6.45, 7) is 3.88. The van der Waals surface area contributed by atoms with Gasteiger partial charge in [-0.3, -0.25) is 4.79 Å². The van der Waals surface area contributed by atoms with E-state index in [4.69, 9.17) is 10.8 Å². The highest BCUT2D eigenvalue weighted by Gasteiger charge is 2.34. The Labute approximate surface area is 85.7 Å². The lowest BCUT2D eigenvalue weighted by Crippen LogP contribution is -2.43. The maximum absolute atomic E-state index is 11.1. The third-order valence-corrected chi connectivity index (χ3v) is 3.36. The Morgan fingerprint density at radius 1 is 1.36 bits per heavy atom. The maximum Gasteiger partial charge on any atom is 0.308 e. The highest BCUT2D eigenvalue weighted by Crippen LogP contribution is 2.32. The lowest BCUT2D eigenvalue weighted by atomic mass is 9.81. The first-order valence-corrected chi connectivity index (χ1v) is 5.52. The van der Waals surface area contributed by atoms with Crippen LogP contribution < -0.4 is 5.73 Å². The third-order valence-electron chi connectivity index (χ3n) is 3.36. The molecule has 1 rings (SSSR count). The van der Waals surface area contributed by atoms with Gasteiger partial charge in [0.15, 0.2) is 0 Å². The van der Waals surface area contributed by atoms with Crippen LogP contribution in [0.3, 0.4) is 0 Å². The van der Waals surface area contributed by atoms with Crippen molar-refractivity contribution in [3.05, 3.63) is 0 Å². The molecule has 1 aliphatic carbocycles. The molecule has 3 N–H and O–H groups in total. The van der Waals surface area contributed by atoms with E-state index in [1.807, 2.05) is 13.8 Å². The van der Waals surface area contributed by atoms with Gasteiger partial charge in [-0.2, -0.15) is 0 Å². The predicted molar refractivity (Wildman–Crippen MR) is 55.9 cm³/mol. The quantitative estimate of drug-likeness (QED) is 0.726. The number of hydrogen-bond donors (Lipinski definition) is 2. The molecule has 14 heavy (non-hydrogen) atoms. The number of carbonyl (C=O) groups is 1. The second kappa shape index (κ2) is 4.78. The molecule has 0 spiro atoms. The van der Waals surface area contributed by atoms with E-state index in [9.17, 15) is 4.79 Å². The van der Waals surface area contributed by atoms with Gasteiger partial charge < -0.3 is 10.8 Å². The lowest BCUT2D eigenvalue weighted by Gasteiger charge is -2.28. The smallest absolute Gasteiger partial charge is 0.308 e. The van der Waals surface area contributed by atoms with Crippen molar-refractivity contribution in [2.45, 2.75) is 45.6 Å². The summed E-state index contributed by atoms with van der Waals surface area (Å²) in [5.41, 5.74) is 6.04. The molecular weight excluding hydrogens is 178 g/mol. The molecule has 0 bridgehead atoms. The van der Waals surface area contributed by atoms with Gasteiger partial charge in [0.25, 0.3) is 0 Å². The number of aliphatic carboxylic acids is 1. The van der Waals surface area contributed by atoms with E-state index in [2.05, 4.69) is 0 Å². The molecular formula is C11H21NO2. The molecule has 2 atom stereocenters. The first kappa shape index (κ1) is 11.5. The molecule has 2 unspecified atom stereocenters. The number of hydrogen-bond acceptors (Lipinski definition) is 2. The van der Waals surface area contributed by atoms with Crippen molar-refractivity contribution in [2.24, 2.45) is 23.5 Å². The van der Waals surface area contributed by atoms with Gasteiger partial charge in [0, 0.05) is 6.04 Å². The van der Waals surface area contributed by atoms with Gasteiger partial charge in [-0.05, 0) is 24.7 Å². The van der Waals surface area contributed by atoms with Gasteiger partial charge in [0.2, 0.25) is 0 Å². The van der Waals surface area contributed by atoms with Gasteiger partial charge in [-0.1, -0.05) is 26.7 Å². The molecule has 0 aromatic rings. The Morgan fingerprint density at radius 3 is 2.21 bits per heavy atom. The van der Waals surface area contributed by atoms with E-state index in [1.54, 1.807) is 0 Å². The lowest BCUT2D eigenvalue weighted by molar-refractivity contribution is -0.144. The van der Waals surface area contributed by atoms with Crippen LogP contribution in [0.4, 0.5) is 0 Å². The van der Waals surface area contributed by atoms with Crippen LogP contribution in [0, 0.1) is 17.8 Å². The summed E-state index contributed by atoms with van der Waals surface area (Å²) >= 11 is 0. The summed E-state index contributed by atoms with van der Waals surface area (Å²) in [4.78, 5) is 11.1. The summed E-state index contributed by atoms with van der Waals surface area (Å²) in [6.07, 6.45) is 4.64. The standard InChI is InChI=1S/C11H21NO2/c1-7(2)9(11(13)14)10(12)8-5-3-4-6-8/h7-10H,3-6,12H2,1-2H3,(H,13,14). The molecule has 82 valence electrons.